The maximum absolute atomic E-state index is 9.35. The highest BCUT2D eigenvalue weighted by atomic mass is 16.3. The lowest BCUT2D eigenvalue weighted by molar-refractivity contribution is 0.177. The zero-order valence-electron chi connectivity index (χ0n) is 9.09. The van der Waals surface area contributed by atoms with Gasteiger partial charge in [-0.2, -0.15) is 0 Å². The van der Waals surface area contributed by atoms with Crippen molar-refractivity contribution in [1.29, 1.82) is 0 Å². The highest BCUT2D eigenvalue weighted by Gasteiger charge is 2.22. The molecule has 1 saturated carbocycles. The van der Waals surface area contributed by atoms with Gasteiger partial charge in [-0.1, -0.05) is 13.8 Å². The van der Waals surface area contributed by atoms with Gasteiger partial charge in [-0.25, -0.2) is 0 Å². The van der Waals surface area contributed by atoms with Crippen LogP contribution in [0.5, 0.6) is 0 Å². The summed E-state index contributed by atoms with van der Waals surface area (Å²) in [6, 6.07) is 0.595. The Kier molecular flexibility index (Phi) is 4.20. The van der Waals surface area contributed by atoms with Gasteiger partial charge in [0.15, 0.2) is 0 Å². The maximum atomic E-state index is 9.35. The summed E-state index contributed by atoms with van der Waals surface area (Å²) in [6.45, 7) is 7.79. The van der Waals surface area contributed by atoms with Gasteiger partial charge in [-0.05, 0) is 44.6 Å². The van der Waals surface area contributed by atoms with E-state index >= 15 is 0 Å². The van der Waals surface area contributed by atoms with E-state index in [2.05, 4.69) is 26.1 Å². The van der Waals surface area contributed by atoms with Gasteiger partial charge in [0.2, 0.25) is 0 Å². The van der Waals surface area contributed by atoms with Crippen LogP contribution in [-0.4, -0.2) is 23.8 Å². The summed E-state index contributed by atoms with van der Waals surface area (Å²) >= 11 is 0. The number of aliphatic hydroxyl groups is 1. The zero-order valence-corrected chi connectivity index (χ0v) is 9.09. The molecular formula is C11H23NO. The predicted octanol–water partition coefficient (Wildman–Crippen LogP) is 1.78. The highest BCUT2D eigenvalue weighted by Crippen LogP contribution is 2.24. The minimum absolute atomic E-state index is 0.0267. The van der Waals surface area contributed by atoms with E-state index in [1.54, 1.807) is 0 Å². The number of hydrogen-bond donors (Lipinski definition) is 2. The molecule has 2 nitrogen and oxygen atoms in total. The first kappa shape index (κ1) is 11.0. The standard InChI is InChI=1S/C11H23NO/c1-8(2)9(3)12-7-10-4-5-11(13)6-10/h8-13H,4-7H2,1-3H3. The van der Waals surface area contributed by atoms with Crippen LogP contribution in [0.3, 0.4) is 0 Å². The quantitative estimate of drug-likeness (QED) is 0.700. The van der Waals surface area contributed by atoms with Crippen molar-refractivity contribution in [3.63, 3.8) is 0 Å². The Labute approximate surface area is 81.7 Å². The first-order valence-corrected chi connectivity index (χ1v) is 5.51. The number of aliphatic hydroxyl groups excluding tert-OH is 1. The Balaban J connectivity index is 2.12. The van der Waals surface area contributed by atoms with E-state index in [1.165, 1.54) is 6.42 Å². The molecule has 78 valence electrons. The van der Waals surface area contributed by atoms with Gasteiger partial charge in [0.25, 0.3) is 0 Å². The van der Waals surface area contributed by atoms with Crippen LogP contribution in [0.15, 0.2) is 0 Å². The predicted molar refractivity (Wildman–Crippen MR) is 55.7 cm³/mol. The molecule has 0 amide bonds. The summed E-state index contributed by atoms with van der Waals surface area (Å²) in [5.74, 6) is 1.41. The zero-order chi connectivity index (χ0) is 9.84. The molecule has 13 heavy (non-hydrogen) atoms. The lowest BCUT2D eigenvalue weighted by Crippen LogP contribution is -2.34. The van der Waals surface area contributed by atoms with Gasteiger partial charge >= 0.3 is 0 Å². The van der Waals surface area contributed by atoms with Crippen LogP contribution in [0.1, 0.15) is 40.0 Å². The molecular weight excluding hydrogens is 162 g/mol. The monoisotopic (exact) mass is 185 g/mol. The van der Waals surface area contributed by atoms with Crippen molar-refractivity contribution in [3.8, 4) is 0 Å². The minimum atomic E-state index is -0.0267. The molecule has 3 unspecified atom stereocenters. The third kappa shape index (κ3) is 3.65. The molecule has 1 fully saturated rings. The topological polar surface area (TPSA) is 32.3 Å². The number of rotatable bonds is 4. The van der Waals surface area contributed by atoms with Crippen molar-refractivity contribution < 1.29 is 5.11 Å². The molecule has 0 aromatic heterocycles. The first-order valence-electron chi connectivity index (χ1n) is 5.51. The second-order valence-corrected chi connectivity index (χ2v) is 4.77. The summed E-state index contributed by atoms with van der Waals surface area (Å²) in [5, 5.41) is 12.9. The Bertz CT molecular complexity index is 147. The van der Waals surface area contributed by atoms with Gasteiger partial charge in [0, 0.05) is 6.04 Å². The highest BCUT2D eigenvalue weighted by molar-refractivity contribution is 4.77. The molecule has 0 spiro atoms. The van der Waals surface area contributed by atoms with E-state index in [9.17, 15) is 5.11 Å². The van der Waals surface area contributed by atoms with Crippen molar-refractivity contribution in [1.82, 2.24) is 5.32 Å². The molecule has 0 aromatic rings. The molecule has 2 N–H and O–H groups in total. The minimum Gasteiger partial charge on any atom is -0.393 e. The molecule has 0 aliphatic heterocycles. The molecule has 2 heteroatoms. The summed E-state index contributed by atoms with van der Waals surface area (Å²) < 4.78 is 0. The molecule has 0 saturated heterocycles. The van der Waals surface area contributed by atoms with Gasteiger partial charge in [0.1, 0.15) is 0 Å². The molecule has 0 heterocycles. The van der Waals surface area contributed by atoms with E-state index in [0.717, 1.165) is 19.4 Å². The second kappa shape index (κ2) is 4.97. The summed E-state index contributed by atoms with van der Waals surface area (Å²) in [6.07, 6.45) is 3.17. The third-order valence-corrected chi connectivity index (χ3v) is 3.24. The van der Waals surface area contributed by atoms with Crippen molar-refractivity contribution >= 4 is 0 Å². The van der Waals surface area contributed by atoms with E-state index in [-0.39, 0.29) is 6.10 Å². The number of hydrogen-bond acceptors (Lipinski definition) is 2. The molecule has 3 atom stereocenters. The molecule has 1 rings (SSSR count). The van der Waals surface area contributed by atoms with Gasteiger partial charge < -0.3 is 10.4 Å². The summed E-state index contributed by atoms with van der Waals surface area (Å²) in [4.78, 5) is 0. The molecule has 0 bridgehead atoms. The fourth-order valence-electron chi connectivity index (χ4n) is 1.82. The molecule has 0 radical (unpaired) electrons. The summed E-state index contributed by atoms with van der Waals surface area (Å²) in [7, 11) is 0. The Morgan fingerprint density at radius 1 is 1.31 bits per heavy atom. The van der Waals surface area contributed by atoms with Crippen LogP contribution in [0.2, 0.25) is 0 Å². The van der Waals surface area contributed by atoms with Crippen LogP contribution in [0.4, 0.5) is 0 Å². The van der Waals surface area contributed by atoms with E-state index in [1.807, 2.05) is 0 Å². The SMILES string of the molecule is CC(C)C(C)NCC1CCC(O)C1. The smallest absolute Gasteiger partial charge is 0.0543 e. The molecule has 1 aliphatic carbocycles. The average molecular weight is 185 g/mol. The van der Waals surface area contributed by atoms with E-state index < -0.39 is 0 Å². The normalized spacial score (nSPS) is 31.2. The lowest BCUT2D eigenvalue weighted by Gasteiger charge is -2.19. The van der Waals surface area contributed by atoms with Gasteiger partial charge in [-0.15, -0.1) is 0 Å². The van der Waals surface area contributed by atoms with Crippen LogP contribution in [0.25, 0.3) is 0 Å². The van der Waals surface area contributed by atoms with Crippen LogP contribution in [0, 0.1) is 11.8 Å². The Morgan fingerprint density at radius 2 is 2.00 bits per heavy atom. The van der Waals surface area contributed by atoms with E-state index in [4.69, 9.17) is 0 Å². The second-order valence-electron chi connectivity index (χ2n) is 4.77. The van der Waals surface area contributed by atoms with Crippen LogP contribution in [-0.2, 0) is 0 Å². The fourth-order valence-corrected chi connectivity index (χ4v) is 1.82. The summed E-state index contributed by atoms with van der Waals surface area (Å²) in [5.41, 5.74) is 0. The average Bonchev–Trinajstić information content (AvgIpc) is 2.47. The Hall–Kier alpha value is -0.0800. The maximum Gasteiger partial charge on any atom is 0.0543 e. The molecule has 1 aliphatic rings. The van der Waals surface area contributed by atoms with Crippen LogP contribution < -0.4 is 5.32 Å². The first-order chi connectivity index (χ1) is 6.09. The van der Waals surface area contributed by atoms with Gasteiger partial charge in [0.05, 0.1) is 6.10 Å². The van der Waals surface area contributed by atoms with Crippen molar-refractivity contribution in [2.75, 3.05) is 6.54 Å². The van der Waals surface area contributed by atoms with Crippen molar-refractivity contribution in [3.05, 3.63) is 0 Å². The Morgan fingerprint density at radius 3 is 2.46 bits per heavy atom. The third-order valence-electron chi connectivity index (χ3n) is 3.24. The molecule has 0 aromatic carbocycles. The van der Waals surface area contributed by atoms with Crippen molar-refractivity contribution in [2.45, 2.75) is 52.2 Å². The van der Waals surface area contributed by atoms with Crippen molar-refractivity contribution in [2.24, 2.45) is 11.8 Å². The van der Waals surface area contributed by atoms with Gasteiger partial charge in [-0.3, -0.25) is 0 Å². The number of nitrogens with one attached hydrogen (secondary N) is 1. The fraction of sp³-hybridized carbons (Fsp3) is 1.00. The lowest BCUT2D eigenvalue weighted by atomic mass is 10.0. The largest absolute Gasteiger partial charge is 0.393 e. The van der Waals surface area contributed by atoms with E-state index in [0.29, 0.717) is 17.9 Å². The van der Waals surface area contributed by atoms with Crippen LogP contribution >= 0.6 is 0 Å².